The van der Waals surface area contributed by atoms with Crippen LogP contribution in [-0.2, 0) is 14.8 Å². The molecular formula is C17H26N2O3S. The van der Waals surface area contributed by atoms with Crippen LogP contribution in [0.2, 0.25) is 0 Å². The predicted octanol–water partition coefficient (Wildman–Crippen LogP) is 2.06. The lowest BCUT2D eigenvalue weighted by Gasteiger charge is -2.30. The van der Waals surface area contributed by atoms with Crippen LogP contribution in [0, 0.1) is 0 Å². The number of carbonyl (C=O) groups excluding carboxylic acids is 1. The molecule has 1 amide bonds. The Labute approximate surface area is 139 Å². The maximum atomic E-state index is 13.0. The van der Waals surface area contributed by atoms with Gasteiger partial charge in [-0.1, -0.05) is 30.3 Å². The maximum Gasteiger partial charge on any atom is 0.241 e. The van der Waals surface area contributed by atoms with Gasteiger partial charge < -0.3 is 4.90 Å². The minimum absolute atomic E-state index is 0.113. The smallest absolute Gasteiger partial charge is 0.241 e. The number of hydrogen-bond donors (Lipinski definition) is 0. The highest BCUT2D eigenvalue weighted by Crippen LogP contribution is 2.39. The van der Waals surface area contributed by atoms with Crippen LogP contribution in [0.5, 0.6) is 0 Å². The van der Waals surface area contributed by atoms with Crippen LogP contribution in [-0.4, -0.2) is 55.0 Å². The zero-order valence-corrected chi connectivity index (χ0v) is 15.2. The quantitative estimate of drug-likeness (QED) is 0.844. The molecule has 1 saturated heterocycles. The fourth-order valence-electron chi connectivity index (χ4n) is 3.52. The molecule has 1 aromatic carbocycles. The van der Waals surface area contributed by atoms with E-state index in [0.717, 1.165) is 12.0 Å². The predicted molar refractivity (Wildman–Crippen MR) is 91.6 cm³/mol. The average molecular weight is 338 g/mol. The van der Waals surface area contributed by atoms with Gasteiger partial charge in [0.25, 0.3) is 0 Å². The molecule has 23 heavy (non-hydrogen) atoms. The molecule has 128 valence electrons. The van der Waals surface area contributed by atoms with Crippen LogP contribution in [0.3, 0.4) is 0 Å². The molecule has 1 fully saturated rings. The van der Waals surface area contributed by atoms with E-state index in [-0.39, 0.29) is 23.9 Å². The van der Waals surface area contributed by atoms with Crippen molar-refractivity contribution in [3.05, 3.63) is 35.9 Å². The van der Waals surface area contributed by atoms with Gasteiger partial charge >= 0.3 is 0 Å². The van der Waals surface area contributed by atoms with Crippen molar-refractivity contribution < 1.29 is 13.2 Å². The van der Waals surface area contributed by atoms with Gasteiger partial charge in [-0.15, -0.1) is 0 Å². The van der Waals surface area contributed by atoms with Gasteiger partial charge in [-0.05, 0) is 32.8 Å². The lowest BCUT2D eigenvalue weighted by atomic mass is 9.92. The van der Waals surface area contributed by atoms with Crippen molar-refractivity contribution in [3.63, 3.8) is 0 Å². The molecule has 1 heterocycles. The lowest BCUT2D eigenvalue weighted by Crippen LogP contribution is -2.48. The second-order valence-corrected chi connectivity index (χ2v) is 8.75. The molecule has 1 aromatic rings. The standard InChI is InChI=1S/C17H26N2O3S/c1-12-11-16(15-9-7-6-8-10-15)13(2)19(12)23(21,22)14(3)17(20)18(4)5/h6-10,12-14,16H,11H2,1-5H3/t12-,13-,14-,16+/m1/s1. The Kier molecular flexibility index (Phi) is 5.16. The van der Waals surface area contributed by atoms with Crippen molar-refractivity contribution in [2.75, 3.05) is 14.1 Å². The fraction of sp³-hybridized carbons (Fsp3) is 0.588. The molecule has 0 spiro atoms. The molecule has 4 atom stereocenters. The number of sulfonamides is 1. The third-order valence-corrected chi connectivity index (χ3v) is 7.15. The zero-order chi connectivity index (χ0) is 17.4. The van der Waals surface area contributed by atoms with E-state index >= 15 is 0 Å². The van der Waals surface area contributed by atoms with Gasteiger partial charge in [0.05, 0.1) is 0 Å². The molecule has 6 heteroatoms. The highest BCUT2D eigenvalue weighted by Gasteiger charge is 2.47. The molecule has 0 aromatic heterocycles. The van der Waals surface area contributed by atoms with Crippen LogP contribution >= 0.6 is 0 Å². The molecule has 1 aliphatic heterocycles. The topological polar surface area (TPSA) is 57.7 Å². The summed E-state index contributed by atoms with van der Waals surface area (Å²) in [5, 5.41) is -1.06. The Hall–Kier alpha value is -1.40. The van der Waals surface area contributed by atoms with Crippen molar-refractivity contribution in [3.8, 4) is 0 Å². The molecule has 0 bridgehead atoms. The second-order valence-electron chi connectivity index (χ2n) is 6.59. The SMILES string of the molecule is C[C@@H]1C[C@H](c2ccccc2)[C@@H](C)N1S(=O)(=O)[C@H](C)C(=O)N(C)C. The van der Waals surface area contributed by atoms with Crippen LogP contribution in [0.25, 0.3) is 0 Å². The van der Waals surface area contributed by atoms with Gasteiger partial charge in [0.2, 0.25) is 15.9 Å². The molecule has 0 N–H and O–H groups in total. The third-order valence-electron chi connectivity index (χ3n) is 4.77. The second kappa shape index (κ2) is 6.61. The van der Waals surface area contributed by atoms with Crippen LogP contribution in [0.15, 0.2) is 30.3 Å². The Morgan fingerprint density at radius 1 is 1.22 bits per heavy atom. The number of amides is 1. The highest BCUT2D eigenvalue weighted by molar-refractivity contribution is 7.90. The summed E-state index contributed by atoms with van der Waals surface area (Å²) in [4.78, 5) is 13.5. The molecule has 0 saturated carbocycles. The van der Waals surface area contributed by atoms with Gasteiger partial charge in [-0.25, -0.2) is 8.42 Å². The molecule has 0 aliphatic carbocycles. The van der Waals surface area contributed by atoms with Crippen LogP contribution in [0.1, 0.15) is 38.7 Å². The normalized spacial score (nSPS) is 26.9. The number of carbonyl (C=O) groups is 1. The van der Waals surface area contributed by atoms with Gasteiger partial charge in [0.1, 0.15) is 0 Å². The summed E-state index contributed by atoms with van der Waals surface area (Å²) in [5.74, 6) is -0.227. The highest BCUT2D eigenvalue weighted by atomic mass is 32.2. The van der Waals surface area contributed by atoms with E-state index in [0.29, 0.717) is 0 Å². The van der Waals surface area contributed by atoms with Crippen molar-refractivity contribution in [1.82, 2.24) is 9.21 Å². The monoisotopic (exact) mass is 338 g/mol. The molecule has 0 unspecified atom stereocenters. The van der Waals surface area contributed by atoms with Gasteiger partial charge in [-0.2, -0.15) is 4.31 Å². The fourth-order valence-corrected chi connectivity index (χ4v) is 5.55. The van der Waals surface area contributed by atoms with Crippen molar-refractivity contribution in [1.29, 1.82) is 0 Å². The average Bonchev–Trinajstić information content (AvgIpc) is 2.81. The van der Waals surface area contributed by atoms with Crippen LogP contribution < -0.4 is 0 Å². The van der Waals surface area contributed by atoms with E-state index in [1.54, 1.807) is 14.1 Å². The largest absolute Gasteiger partial charge is 0.348 e. The van der Waals surface area contributed by atoms with E-state index in [2.05, 4.69) is 0 Å². The summed E-state index contributed by atoms with van der Waals surface area (Å²) in [6, 6.07) is 9.72. The minimum Gasteiger partial charge on any atom is -0.348 e. The summed E-state index contributed by atoms with van der Waals surface area (Å²) in [6.07, 6.45) is 0.771. The summed E-state index contributed by atoms with van der Waals surface area (Å²) < 4.78 is 27.4. The summed E-state index contributed by atoms with van der Waals surface area (Å²) in [6.45, 7) is 5.34. The molecule has 1 aliphatic rings. The van der Waals surface area contributed by atoms with E-state index in [4.69, 9.17) is 0 Å². The third kappa shape index (κ3) is 3.28. The molecule has 0 radical (unpaired) electrons. The Balaban J connectivity index is 2.31. The van der Waals surface area contributed by atoms with Gasteiger partial charge in [-0.3, -0.25) is 4.79 Å². The first-order chi connectivity index (χ1) is 10.7. The molecular weight excluding hydrogens is 312 g/mol. The Morgan fingerprint density at radius 3 is 2.30 bits per heavy atom. The molecule has 2 rings (SSSR count). The van der Waals surface area contributed by atoms with E-state index in [1.807, 2.05) is 44.2 Å². The van der Waals surface area contributed by atoms with E-state index in [9.17, 15) is 13.2 Å². The first kappa shape index (κ1) is 17.9. The van der Waals surface area contributed by atoms with Gasteiger partial charge in [0, 0.05) is 32.1 Å². The first-order valence-electron chi connectivity index (χ1n) is 7.96. The van der Waals surface area contributed by atoms with Crippen molar-refractivity contribution in [2.45, 2.75) is 50.4 Å². The van der Waals surface area contributed by atoms with E-state index < -0.39 is 15.3 Å². The number of rotatable bonds is 4. The Bertz CT molecular complexity index is 658. The zero-order valence-electron chi connectivity index (χ0n) is 14.4. The summed E-state index contributed by atoms with van der Waals surface area (Å²) in [7, 11) is -0.517. The Morgan fingerprint density at radius 2 is 1.78 bits per heavy atom. The van der Waals surface area contributed by atoms with Crippen LogP contribution in [0.4, 0.5) is 0 Å². The van der Waals surface area contributed by atoms with E-state index in [1.165, 1.54) is 16.1 Å². The van der Waals surface area contributed by atoms with Gasteiger partial charge in [0.15, 0.2) is 5.25 Å². The number of nitrogens with zero attached hydrogens (tertiary/aromatic N) is 2. The van der Waals surface area contributed by atoms with Crippen molar-refractivity contribution >= 4 is 15.9 Å². The number of hydrogen-bond acceptors (Lipinski definition) is 3. The summed E-state index contributed by atoms with van der Waals surface area (Å²) >= 11 is 0. The summed E-state index contributed by atoms with van der Waals surface area (Å²) in [5.41, 5.74) is 1.15. The number of benzene rings is 1. The molecule has 5 nitrogen and oxygen atoms in total. The van der Waals surface area contributed by atoms with Crippen molar-refractivity contribution in [2.24, 2.45) is 0 Å². The first-order valence-corrected chi connectivity index (χ1v) is 9.46. The lowest BCUT2D eigenvalue weighted by molar-refractivity contribution is -0.128. The minimum atomic E-state index is -3.68. The maximum absolute atomic E-state index is 13.0.